The van der Waals surface area contributed by atoms with Crippen LogP contribution in [-0.4, -0.2) is 14.5 Å². The van der Waals surface area contributed by atoms with E-state index in [9.17, 15) is 0 Å². The average Bonchev–Trinajstić information content (AvgIpc) is 2.98. The number of nitrogens with zero attached hydrogens (tertiary/aromatic N) is 3. The fourth-order valence-corrected chi connectivity index (χ4v) is 3.38. The van der Waals surface area contributed by atoms with Crippen molar-refractivity contribution in [3.63, 3.8) is 0 Å². The lowest BCUT2D eigenvalue weighted by atomic mass is 10.0. The summed E-state index contributed by atoms with van der Waals surface area (Å²) in [6, 6.07) is 0. The van der Waals surface area contributed by atoms with Gasteiger partial charge in [-0.3, -0.25) is 0 Å². The van der Waals surface area contributed by atoms with E-state index >= 15 is 0 Å². The number of aryl methyl sites for hydroxylation is 2. The Kier molecular flexibility index (Phi) is 3.17. The molecule has 1 aliphatic carbocycles. The molecule has 2 heterocycles. The summed E-state index contributed by atoms with van der Waals surface area (Å²) in [6.45, 7) is 5.33. The van der Waals surface area contributed by atoms with Crippen molar-refractivity contribution in [1.82, 2.24) is 14.5 Å². The summed E-state index contributed by atoms with van der Waals surface area (Å²) >= 11 is 0. The molecule has 0 amide bonds. The van der Waals surface area contributed by atoms with Crippen LogP contribution < -0.4 is 5.73 Å². The Bertz CT molecular complexity index is 594. The third kappa shape index (κ3) is 2.09. The average molecular weight is 258 g/mol. The van der Waals surface area contributed by atoms with Gasteiger partial charge in [-0.2, -0.15) is 0 Å². The van der Waals surface area contributed by atoms with Crippen molar-refractivity contribution in [2.45, 2.75) is 52.5 Å². The molecule has 0 aliphatic heterocycles. The zero-order valence-electron chi connectivity index (χ0n) is 11.8. The fourth-order valence-electron chi connectivity index (χ4n) is 3.38. The molecule has 1 saturated carbocycles. The number of rotatable bonds is 3. The molecule has 0 unspecified atom stereocenters. The topological polar surface area (TPSA) is 56.7 Å². The molecule has 1 fully saturated rings. The number of hydrogen-bond acceptors (Lipinski definition) is 3. The SMILES string of the molecule is Cc1c(C)n(CCC2CCCC2)c2ncnc(N)c12. The standard InChI is InChI=1S/C15H22N4/c1-10-11(2)19(8-7-12-5-3-4-6-12)15-13(10)14(16)17-9-18-15/h9,12H,3-8H2,1-2H3,(H2,16,17,18). The molecule has 4 heteroatoms. The van der Waals surface area contributed by atoms with Crippen molar-refractivity contribution in [2.24, 2.45) is 5.92 Å². The fraction of sp³-hybridized carbons (Fsp3) is 0.600. The van der Waals surface area contributed by atoms with Gasteiger partial charge in [0.2, 0.25) is 0 Å². The van der Waals surface area contributed by atoms with E-state index in [1.54, 1.807) is 6.33 Å². The van der Waals surface area contributed by atoms with Crippen LogP contribution in [0.5, 0.6) is 0 Å². The van der Waals surface area contributed by atoms with Crippen LogP contribution in [-0.2, 0) is 6.54 Å². The molecule has 102 valence electrons. The van der Waals surface area contributed by atoms with Crippen molar-refractivity contribution in [3.8, 4) is 0 Å². The van der Waals surface area contributed by atoms with E-state index in [1.165, 1.54) is 43.4 Å². The van der Waals surface area contributed by atoms with Crippen molar-refractivity contribution >= 4 is 16.9 Å². The van der Waals surface area contributed by atoms with E-state index in [4.69, 9.17) is 5.73 Å². The highest BCUT2D eigenvalue weighted by atomic mass is 15.1. The summed E-state index contributed by atoms with van der Waals surface area (Å²) in [6.07, 6.45) is 8.44. The first-order valence-corrected chi connectivity index (χ1v) is 7.24. The minimum Gasteiger partial charge on any atom is -0.383 e. The highest BCUT2D eigenvalue weighted by molar-refractivity contribution is 5.90. The van der Waals surface area contributed by atoms with Crippen LogP contribution in [0.25, 0.3) is 11.0 Å². The lowest BCUT2D eigenvalue weighted by Gasteiger charge is -2.12. The van der Waals surface area contributed by atoms with Gasteiger partial charge in [0.15, 0.2) is 0 Å². The monoisotopic (exact) mass is 258 g/mol. The van der Waals surface area contributed by atoms with Gasteiger partial charge in [-0.1, -0.05) is 25.7 Å². The molecule has 2 N–H and O–H groups in total. The van der Waals surface area contributed by atoms with Gasteiger partial charge in [0.1, 0.15) is 17.8 Å². The van der Waals surface area contributed by atoms with E-state index in [2.05, 4.69) is 28.4 Å². The Hall–Kier alpha value is -1.58. The van der Waals surface area contributed by atoms with Crippen molar-refractivity contribution in [1.29, 1.82) is 0 Å². The molecule has 2 aromatic rings. The molecule has 4 nitrogen and oxygen atoms in total. The van der Waals surface area contributed by atoms with Gasteiger partial charge in [-0.15, -0.1) is 0 Å². The zero-order chi connectivity index (χ0) is 13.4. The van der Waals surface area contributed by atoms with Crippen molar-refractivity contribution in [2.75, 3.05) is 5.73 Å². The lowest BCUT2D eigenvalue weighted by molar-refractivity contribution is 0.459. The van der Waals surface area contributed by atoms with Gasteiger partial charge >= 0.3 is 0 Å². The molecule has 0 radical (unpaired) electrons. The summed E-state index contributed by atoms with van der Waals surface area (Å²) in [5.41, 5.74) is 9.49. The molecule has 3 rings (SSSR count). The number of nitrogens with two attached hydrogens (primary N) is 1. The smallest absolute Gasteiger partial charge is 0.145 e. The zero-order valence-corrected chi connectivity index (χ0v) is 11.8. The van der Waals surface area contributed by atoms with E-state index < -0.39 is 0 Å². The van der Waals surface area contributed by atoms with Gasteiger partial charge in [0, 0.05) is 12.2 Å². The van der Waals surface area contributed by atoms with E-state index in [-0.39, 0.29) is 0 Å². The van der Waals surface area contributed by atoms with Gasteiger partial charge in [0.05, 0.1) is 5.39 Å². The summed E-state index contributed by atoms with van der Waals surface area (Å²) in [7, 11) is 0. The quantitative estimate of drug-likeness (QED) is 0.919. The maximum atomic E-state index is 5.99. The van der Waals surface area contributed by atoms with Crippen LogP contribution >= 0.6 is 0 Å². The molecule has 2 aromatic heterocycles. The summed E-state index contributed by atoms with van der Waals surface area (Å²) in [5, 5.41) is 1.03. The first kappa shape index (κ1) is 12.5. The maximum Gasteiger partial charge on any atom is 0.145 e. The molecule has 0 spiro atoms. The molecule has 0 aromatic carbocycles. The number of anilines is 1. The summed E-state index contributed by atoms with van der Waals surface area (Å²) in [5.74, 6) is 1.50. The van der Waals surface area contributed by atoms with Crippen LogP contribution in [0.4, 0.5) is 5.82 Å². The Morgan fingerprint density at radius 2 is 2.00 bits per heavy atom. The molecular weight excluding hydrogens is 236 g/mol. The minimum absolute atomic E-state index is 0.602. The predicted molar refractivity (Wildman–Crippen MR) is 78.0 cm³/mol. The first-order valence-electron chi connectivity index (χ1n) is 7.24. The van der Waals surface area contributed by atoms with Gasteiger partial charge in [-0.05, 0) is 31.7 Å². The number of fused-ring (bicyclic) bond motifs is 1. The highest BCUT2D eigenvalue weighted by Gasteiger charge is 2.18. The van der Waals surface area contributed by atoms with Crippen molar-refractivity contribution < 1.29 is 0 Å². The van der Waals surface area contributed by atoms with Crippen LogP contribution in [0, 0.1) is 19.8 Å². The Morgan fingerprint density at radius 3 is 2.74 bits per heavy atom. The molecular formula is C15H22N4. The first-order chi connectivity index (χ1) is 9.18. The van der Waals surface area contributed by atoms with E-state index in [0.717, 1.165) is 23.5 Å². The van der Waals surface area contributed by atoms with Gasteiger partial charge in [0.25, 0.3) is 0 Å². The molecule has 0 atom stereocenters. The van der Waals surface area contributed by atoms with E-state index in [0.29, 0.717) is 5.82 Å². The third-order valence-electron chi connectivity index (χ3n) is 4.67. The Morgan fingerprint density at radius 1 is 1.26 bits per heavy atom. The van der Waals surface area contributed by atoms with Crippen LogP contribution in [0.1, 0.15) is 43.4 Å². The van der Waals surface area contributed by atoms with Crippen molar-refractivity contribution in [3.05, 3.63) is 17.6 Å². The second-order valence-corrected chi connectivity index (χ2v) is 5.76. The van der Waals surface area contributed by atoms with Crippen LogP contribution in [0.3, 0.4) is 0 Å². The summed E-state index contributed by atoms with van der Waals surface area (Å²) in [4.78, 5) is 8.55. The van der Waals surface area contributed by atoms with Gasteiger partial charge in [-0.25, -0.2) is 9.97 Å². The lowest BCUT2D eigenvalue weighted by Crippen LogP contribution is -2.06. The maximum absolute atomic E-state index is 5.99. The van der Waals surface area contributed by atoms with E-state index in [1.807, 2.05) is 0 Å². The Balaban J connectivity index is 1.94. The van der Waals surface area contributed by atoms with Gasteiger partial charge < -0.3 is 10.3 Å². The largest absolute Gasteiger partial charge is 0.383 e. The Labute approximate surface area is 114 Å². The third-order valence-corrected chi connectivity index (χ3v) is 4.67. The second kappa shape index (κ2) is 4.83. The number of aromatic nitrogens is 3. The normalized spacial score (nSPS) is 16.5. The van der Waals surface area contributed by atoms with Crippen LogP contribution in [0.15, 0.2) is 6.33 Å². The molecule has 19 heavy (non-hydrogen) atoms. The molecule has 0 saturated heterocycles. The predicted octanol–water partition coefficient (Wildman–Crippen LogP) is 3.21. The minimum atomic E-state index is 0.602. The molecule has 1 aliphatic rings. The van der Waals surface area contributed by atoms with Crippen LogP contribution in [0.2, 0.25) is 0 Å². The summed E-state index contributed by atoms with van der Waals surface area (Å²) < 4.78 is 2.32. The number of hydrogen-bond donors (Lipinski definition) is 1. The highest BCUT2D eigenvalue weighted by Crippen LogP contribution is 2.31. The second-order valence-electron chi connectivity index (χ2n) is 5.76. The number of nitrogen functional groups attached to an aromatic ring is 1. The molecule has 0 bridgehead atoms.